The highest BCUT2D eigenvalue weighted by atomic mass is 15.2. The van der Waals surface area contributed by atoms with Gasteiger partial charge in [-0.2, -0.15) is 0 Å². The Hall–Kier alpha value is -0.0800. The quantitative estimate of drug-likeness (QED) is 0.738. The maximum absolute atomic E-state index is 3.57. The summed E-state index contributed by atoms with van der Waals surface area (Å²) in [5, 5.41) is 3.57. The number of hydrogen-bond acceptors (Lipinski definition) is 2. The first-order valence-electron chi connectivity index (χ1n) is 6.10. The summed E-state index contributed by atoms with van der Waals surface area (Å²) in [4.78, 5) is 2.71. The second-order valence-corrected chi connectivity index (χ2v) is 5.68. The monoisotopic (exact) mass is 196 g/mol. The van der Waals surface area contributed by atoms with Crippen molar-refractivity contribution in [1.82, 2.24) is 10.2 Å². The minimum atomic E-state index is 0.291. The van der Waals surface area contributed by atoms with E-state index < -0.39 is 0 Å². The molecule has 0 aromatic heterocycles. The fourth-order valence-corrected chi connectivity index (χ4v) is 3.26. The Kier molecular flexibility index (Phi) is 2.85. The van der Waals surface area contributed by atoms with E-state index in [0.717, 1.165) is 18.5 Å². The Labute approximate surface area is 88.1 Å². The summed E-state index contributed by atoms with van der Waals surface area (Å²) in [6, 6.07) is 0.915. The van der Waals surface area contributed by atoms with Crippen LogP contribution in [0.4, 0.5) is 0 Å². The van der Waals surface area contributed by atoms with Crippen molar-refractivity contribution in [3.63, 3.8) is 0 Å². The zero-order chi connectivity index (χ0) is 10.2. The molecule has 2 unspecified atom stereocenters. The zero-order valence-corrected chi connectivity index (χ0v) is 9.84. The second-order valence-electron chi connectivity index (χ2n) is 5.68. The van der Waals surface area contributed by atoms with Crippen LogP contribution < -0.4 is 5.32 Å². The normalized spacial score (nSPS) is 32.8. The molecule has 2 heteroatoms. The smallest absolute Gasteiger partial charge is 0.0252 e. The topological polar surface area (TPSA) is 15.3 Å². The number of hydrogen-bond donors (Lipinski definition) is 1. The van der Waals surface area contributed by atoms with Crippen LogP contribution in [0, 0.1) is 5.92 Å². The number of rotatable bonds is 4. The first kappa shape index (κ1) is 10.4. The van der Waals surface area contributed by atoms with E-state index >= 15 is 0 Å². The highest BCUT2D eigenvalue weighted by Gasteiger charge is 2.39. The van der Waals surface area contributed by atoms with Gasteiger partial charge in [0.2, 0.25) is 0 Å². The van der Waals surface area contributed by atoms with E-state index in [2.05, 4.69) is 31.0 Å². The first-order valence-corrected chi connectivity index (χ1v) is 6.10. The number of nitrogens with zero attached hydrogens (tertiary/aromatic N) is 1. The third-order valence-corrected chi connectivity index (χ3v) is 3.78. The van der Waals surface area contributed by atoms with Crippen molar-refractivity contribution in [2.75, 3.05) is 19.6 Å². The van der Waals surface area contributed by atoms with E-state index in [-0.39, 0.29) is 0 Å². The third-order valence-electron chi connectivity index (χ3n) is 3.78. The molecule has 1 heterocycles. The van der Waals surface area contributed by atoms with E-state index in [9.17, 15) is 0 Å². The van der Waals surface area contributed by atoms with Crippen LogP contribution in [-0.4, -0.2) is 36.1 Å². The minimum Gasteiger partial charge on any atom is -0.311 e. The molecule has 14 heavy (non-hydrogen) atoms. The van der Waals surface area contributed by atoms with Crippen molar-refractivity contribution >= 4 is 0 Å². The summed E-state index contributed by atoms with van der Waals surface area (Å²) in [7, 11) is 0. The third kappa shape index (κ3) is 2.12. The lowest BCUT2D eigenvalue weighted by Gasteiger charge is -2.35. The second kappa shape index (κ2) is 3.82. The molecule has 2 atom stereocenters. The van der Waals surface area contributed by atoms with Crippen molar-refractivity contribution in [1.29, 1.82) is 0 Å². The lowest BCUT2D eigenvalue weighted by atomic mass is 10.0. The summed E-state index contributed by atoms with van der Waals surface area (Å²) < 4.78 is 0. The fraction of sp³-hybridized carbons (Fsp3) is 1.00. The van der Waals surface area contributed by atoms with E-state index in [0.29, 0.717) is 5.54 Å². The summed E-state index contributed by atoms with van der Waals surface area (Å²) in [5.41, 5.74) is 0.291. The van der Waals surface area contributed by atoms with Gasteiger partial charge in [-0.25, -0.2) is 0 Å². The fourth-order valence-electron chi connectivity index (χ4n) is 3.26. The summed E-state index contributed by atoms with van der Waals surface area (Å²) >= 11 is 0. The van der Waals surface area contributed by atoms with Gasteiger partial charge in [0.05, 0.1) is 0 Å². The molecule has 1 aliphatic heterocycles. The van der Waals surface area contributed by atoms with Gasteiger partial charge in [0.15, 0.2) is 0 Å². The van der Waals surface area contributed by atoms with Crippen molar-refractivity contribution in [3.8, 4) is 0 Å². The molecular weight excluding hydrogens is 172 g/mol. The van der Waals surface area contributed by atoms with Gasteiger partial charge in [-0.05, 0) is 45.6 Å². The van der Waals surface area contributed by atoms with Crippen LogP contribution in [0.2, 0.25) is 0 Å². The standard InChI is InChI=1S/C12H24N2/c1-4-13-12(2,3)9-14-8-10-5-6-11(14)7-10/h10-11,13H,4-9H2,1-3H3. The van der Waals surface area contributed by atoms with Crippen molar-refractivity contribution in [3.05, 3.63) is 0 Å². The summed E-state index contributed by atoms with van der Waals surface area (Å²) in [5.74, 6) is 1.03. The number of fused-ring (bicyclic) bond motifs is 2. The molecule has 1 aliphatic carbocycles. The van der Waals surface area contributed by atoms with Gasteiger partial charge in [0.25, 0.3) is 0 Å². The molecule has 0 radical (unpaired) electrons. The Morgan fingerprint density at radius 1 is 1.36 bits per heavy atom. The largest absolute Gasteiger partial charge is 0.311 e. The molecule has 2 nitrogen and oxygen atoms in total. The Morgan fingerprint density at radius 3 is 2.64 bits per heavy atom. The molecule has 82 valence electrons. The van der Waals surface area contributed by atoms with E-state index in [1.807, 2.05) is 0 Å². The molecule has 1 saturated carbocycles. The van der Waals surface area contributed by atoms with Crippen LogP contribution in [-0.2, 0) is 0 Å². The van der Waals surface area contributed by atoms with Gasteiger partial charge >= 0.3 is 0 Å². The molecule has 2 aliphatic rings. The molecule has 2 bridgehead atoms. The van der Waals surface area contributed by atoms with E-state index in [4.69, 9.17) is 0 Å². The minimum absolute atomic E-state index is 0.291. The van der Waals surface area contributed by atoms with Gasteiger partial charge in [-0.1, -0.05) is 6.92 Å². The molecule has 0 aromatic rings. The molecule has 0 amide bonds. The number of nitrogens with one attached hydrogen (secondary N) is 1. The molecule has 2 fully saturated rings. The van der Waals surface area contributed by atoms with Crippen LogP contribution in [0.5, 0.6) is 0 Å². The lowest BCUT2D eigenvalue weighted by molar-refractivity contribution is 0.162. The van der Waals surface area contributed by atoms with Crippen LogP contribution >= 0.6 is 0 Å². The molecule has 1 N–H and O–H groups in total. The maximum Gasteiger partial charge on any atom is 0.0252 e. The van der Waals surface area contributed by atoms with E-state index in [1.54, 1.807) is 0 Å². The predicted octanol–water partition coefficient (Wildman–Crippen LogP) is 1.86. The van der Waals surface area contributed by atoms with Gasteiger partial charge in [0.1, 0.15) is 0 Å². The molecule has 2 rings (SSSR count). The van der Waals surface area contributed by atoms with Crippen molar-refractivity contribution < 1.29 is 0 Å². The molecule has 0 aromatic carbocycles. The van der Waals surface area contributed by atoms with Crippen LogP contribution in [0.15, 0.2) is 0 Å². The van der Waals surface area contributed by atoms with Gasteiger partial charge in [0, 0.05) is 24.7 Å². The number of likely N-dealkylation sites (tertiary alicyclic amines) is 1. The Morgan fingerprint density at radius 2 is 2.14 bits per heavy atom. The predicted molar refractivity (Wildman–Crippen MR) is 60.5 cm³/mol. The molecule has 1 saturated heterocycles. The maximum atomic E-state index is 3.57. The van der Waals surface area contributed by atoms with Gasteiger partial charge in [-0.15, -0.1) is 0 Å². The van der Waals surface area contributed by atoms with E-state index in [1.165, 1.54) is 32.4 Å². The number of likely N-dealkylation sites (N-methyl/N-ethyl adjacent to an activating group) is 1. The average Bonchev–Trinajstić information content (AvgIpc) is 2.63. The van der Waals surface area contributed by atoms with Crippen molar-refractivity contribution in [2.45, 2.75) is 51.6 Å². The summed E-state index contributed by atoms with van der Waals surface area (Å²) in [6.07, 6.45) is 4.41. The summed E-state index contributed by atoms with van der Waals surface area (Å²) in [6.45, 7) is 10.5. The van der Waals surface area contributed by atoms with Gasteiger partial charge in [-0.3, -0.25) is 4.90 Å². The SMILES string of the molecule is CCNC(C)(C)CN1CC2CCC1C2. The van der Waals surface area contributed by atoms with Crippen LogP contribution in [0.3, 0.4) is 0 Å². The van der Waals surface area contributed by atoms with Crippen LogP contribution in [0.25, 0.3) is 0 Å². The Balaban J connectivity index is 1.86. The first-order chi connectivity index (χ1) is 6.61. The van der Waals surface area contributed by atoms with Crippen molar-refractivity contribution in [2.24, 2.45) is 5.92 Å². The molecule has 0 spiro atoms. The number of piperidine rings is 1. The average molecular weight is 196 g/mol. The molecular formula is C12H24N2. The highest BCUT2D eigenvalue weighted by Crippen LogP contribution is 2.37. The van der Waals surface area contributed by atoms with Gasteiger partial charge < -0.3 is 5.32 Å². The zero-order valence-electron chi connectivity index (χ0n) is 9.84. The Bertz CT molecular complexity index is 200. The van der Waals surface area contributed by atoms with Crippen LogP contribution in [0.1, 0.15) is 40.0 Å². The highest BCUT2D eigenvalue weighted by molar-refractivity contribution is 4.95. The lowest BCUT2D eigenvalue weighted by Crippen LogP contribution is -2.50.